The molecule has 0 rings (SSSR count). The Balaban J connectivity index is 6.30. The van der Waals surface area contributed by atoms with Crippen molar-refractivity contribution in [2.45, 2.75) is 0 Å². The van der Waals surface area contributed by atoms with Gasteiger partial charge in [0.05, 0.1) is 24.0 Å². The lowest BCUT2D eigenvalue weighted by molar-refractivity contribution is -0.161. The maximum Gasteiger partial charge on any atom is 0.330 e. The molecule has 0 bridgehead atoms. The zero-order valence-corrected chi connectivity index (χ0v) is 22.9. The molecular formula is C28H36N2O11. The summed E-state index contributed by atoms with van der Waals surface area (Å²) in [5.74, 6) is -3.80. The first kappa shape index (κ1) is 36.2. The van der Waals surface area contributed by atoms with E-state index in [2.05, 4.69) is 39.5 Å². The van der Waals surface area contributed by atoms with Crippen molar-refractivity contribution in [1.29, 1.82) is 10.8 Å². The second kappa shape index (κ2) is 19.3. The number of hydrogen-bond acceptors (Lipinski definition) is 13. The standard InChI is InChI=1S/C28H36N2O11/c1-7-21(29)36-15-27(17-38-23(31)9-3,18-39-24(32)10-4)13-35-14-28(16-37-22(30)8-2,19-40-25(33)11-5)20-41-26(34)12-6/h7-12,29-30H,1-6,13-20H2. The minimum absolute atomic E-state index is 0.321. The Morgan fingerprint density at radius 2 is 0.683 bits per heavy atom. The van der Waals surface area contributed by atoms with Crippen molar-refractivity contribution in [2.24, 2.45) is 10.8 Å². The monoisotopic (exact) mass is 576 g/mol. The van der Waals surface area contributed by atoms with Crippen molar-refractivity contribution >= 4 is 35.7 Å². The van der Waals surface area contributed by atoms with E-state index in [9.17, 15) is 19.2 Å². The number of carbonyl (C=O) groups excluding carboxylic acids is 4. The van der Waals surface area contributed by atoms with Gasteiger partial charge < -0.3 is 33.2 Å². The van der Waals surface area contributed by atoms with Crippen LogP contribution in [0.15, 0.2) is 75.9 Å². The third-order valence-electron chi connectivity index (χ3n) is 5.00. The van der Waals surface area contributed by atoms with Crippen LogP contribution in [0.3, 0.4) is 0 Å². The minimum atomic E-state index is -1.39. The van der Waals surface area contributed by atoms with Crippen molar-refractivity contribution in [3.05, 3.63) is 75.9 Å². The summed E-state index contributed by atoms with van der Waals surface area (Å²) in [6.45, 7) is 17.3. The van der Waals surface area contributed by atoms with Crippen molar-refractivity contribution in [3.63, 3.8) is 0 Å². The Morgan fingerprint density at radius 3 is 0.902 bits per heavy atom. The molecule has 0 unspecified atom stereocenters. The molecule has 224 valence electrons. The van der Waals surface area contributed by atoms with Gasteiger partial charge in [-0.25, -0.2) is 19.2 Å². The minimum Gasteiger partial charge on any atom is -0.477 e. The third-order valence-corrected chi connectivity index (χ3v) is 5.00. The maximum absolute atomic E-state index is 11.9. The lowest BCUT2D eigenvalue weighted by atomic mass is 9.90. The van der Waals surface area contributed by atoms with Crippen LogP contribution >= 0.6 is 0 Å². The Bertz CT molecular complexity index is 832. The molecule has 0 aliphatic heterocycles. The average Bonchev–Trinajstić information content (AvgIpc) is 3.00. The van der Waals surface area contributed by atoms with Gasteiger partial charge in [-0.05, 0) is 12.2 Å². The zero-order chi connectivity index (χ0) is 31.3. The SMILES string of the molecule is C=CC(=N)OCC(COCC(COC(=N)C=C)(COC(=O)C=C)COC(=O)C=C)(COC(=O)C=C)COC(=O)C=C. The second-order valence-corrected chi connectivity index (χ2v) is 8.45. The molecule has 0 aromatic carbocycles. The highest BCUT2D eigenvalue weighted by atomic mass is 16.6. The predicted octanol–water partition coefficient (Wildman–Crippen LogP) is 2.25. The summed E-state index contributed by atoms with van der Waals surface area (Å²) in [4.78, 5) is 47.4. The van der Waals surface area contributed by atoms with Gasteiger partial charge in [0, 0.05) is 24.3 Å². The summed E-state index contributed by atoms with van der Waals surface area (Å²) in [5.41, 5.74) is -2.77. The molecule has 13 heteroatoms. The highest BCUT2D eigenvalue weighted by molar-refractivity contribution is 5.84. The number of esters is 4. The van der Waals surface area contributed by atoms with Crippen LogP contribution in [0.4, 0.5) is 0 Å². The summed E-state index contributed by atoms with van der Waals surface area (Å²) in [6.07, 6.45) is 5.94. The first-order valence-electron chi connectivity index (χ1n) is 11.9. The van der Waals surface area contributed by atoms with E-state index in [4.69, 9.17) is 44.0 Å². The van der Waals surface area contributed by atoms with Crippen LogP contribution in [0, 0.1) is 21.6 Å². The van der Waals surface area contributed by atoms with Crippen LogP contribution in [0.2, 0.25) is 0 Å². The van der Waals surface area contributed by atoms with Gasteiger partial charge in [0.1, 0.15) is 39.6 Å². The average molecular weight is 577 g/mol. The molecule has 0 aliphatic carbocycles. The largest absolute Gasteiger partial charge is 0.477 e. The number of rotatable bonds is 22. The zero-order valence-electron chi connectivity index (χ0n) is 22.9. The summed E-state index contributed by atoms with van der Waals surface area (Å²) in [6, 6.07) is 0. The molecule has 0 aliphatic rings. The summed E-state index contributed by atoms with van der Waals surface area (Å²) >= 11 is 0. The fourth-order valence-corrected chi connectivity index (χ4v) is 2.70. The summed E-state index contributed by atoms with van der Waals surface area (Å²) < 4.78 is 37.5. The Morgan fingerprint density at radius 1 is 0.439 bits per heavy atom. The first-order chi connectivity index (χ1) is 19.4. The lowest BCUT2D eigenvalue weighted by Gasteiger charge is -2.35. The Kier molecular flexibility index (Phi) is 17.1. The number of carbonyl (C=O) groups is 4. The Hall–Kier alpha value is -4.78. The molecule has 13 nitrogen and oxygen atoms in total. The predicted molar refractivity (Wildman–Crippen MR) is 148 cm³/mol. The summed E-state index contributed by atoms with van der Waals surface area (Å²) in [7, 11) is 0. The highest BCUT2D eigenvalue weighted by Crippen LogP contribution is 2.26. The van der Waals surface area contributed by atoms with E-state index in [0.29, 0.717) is 0 Å². The van der Waals surface area contributed by atoms with Gasteiger partial charge in [0.15, 0.2) is 0 Å². The van der Waals surface area contributed by atoms with Gasteiger partial charge in [0.2, 0.25) is 11.8 Å². The van der Waals surface area contributed by atoms with Gasteiger partial charge in [-0.3, -0.25) is 10.8 Å². The lowest BCUT2D eigenvalue weighted by Crippen LogP contribution is -2.47. The molecule has 0 aromatic heterocycles. The van der Waals surface area contributed by atoms with E-state index < -0.39 is 61.1 Å². The second-order valence-electron chi connectivity index (χ2n) is 8.45. The van der Waals surface area contributed by atoms with Crippen LogP contribution in [-0.4, -0.2) is 88.5 Å². The van der Waals surface area contributed by atoms with Crippen molar-refractivity contribution < 1.29 is 52.3 Å². The number of ether oxygens (including phenoxy) is 7. The van der Waals surface area contributed by atoms with Crippen LogP contribution in [0.1, 0.15) is 0 Å². The van der Waals surface area contributed by atoms with Gasteiger partial charge in [-0.1, -0.05) is 39.5 Å². The van der Waals surface area contributed by atoms with Gasteiger partial charge >= 0.3 is 23.9 Å². The molecule has 0 aromatic rings. The van der Waals surface area contributed by atoms with Crippen LogP contribution < -0.4 is 0 Å². The fraction of sp³-hybridized carbons (Fsp3) is 0.357. The number of hydrogen-bond donors (Lipinski definition) is 2. The van der Waals surface area contributed by atoms with E-state index >= 15 is 0 Å². The highest BCUT2D eigenvalue weighted by Gasteiger charge is 2.40. The van der Waals surface area contributed by atoms with Crippen LogP contribution in [-0.2, 0) is 52.3 Å². The molecule has 0 saturated heterocycles. The van der Waals surface area contributed by atoms with E-state index in [1.54, 1.807) is 0 Å². The molecular weight excluding hydrogens is 540 g/mol. The third kappa shape index (κ3) is 14.8. The topological polar surface area (TPSA) is 181 Å². The summed E-state index contributed by atoms with van der Waals surface area (Å²) in [5, 5.41) is 15.5. The van der Waals surface area contributed by atoms with E-state index in [1.807, 2.05) is 0 Å². The molecule has 0 spiro atoms. The molecule has 0 saturated carbocycles. The molecule has 0 amide bonds. The van der Waals surface area contributed by atoms with Gasteiger partial charge in [0.25, 0.3) is 0 Å². The van der Waals surface area contributed by atoms with E-state index in [1.165, 1.54) is 0 Å². The quantitative estimate of drug-likeness (QED) is 0.0634. The normalized spacial score (nSPS) is 10.5. The fourth-order valence-electron chi connectivity index (χ4n) is 2.70. The van der Waals surface area contributed by atoms with Crippen molar-refractivity contribution in [3.8, 4) is 0 Å². The molecule has 0 radical (unpaired) electrons. The molecule has 0 heterocycles. The van der Waals surface area contributed by atoms with Crippen LogP contribution in [0.5, 0.6) is 0 Å². The van der Waals surface area contributed by atoms with E-state index in [-0.39, 0.29) is 38.2 Å². The van der Waals surface area contributed by atoms with Gasteiger partial charge in [-0.2, -0.15) is 0 Å². The van der Waals surface area contributed by atoms with Crippen molar-refractivity contribution in [1.82, 2.24) is 0 Å². The maximum atomic E-state index is 11.9. The Labute approximate surface area is 238 Å². The van der Waals surface area contributed by atoms with Gasteiger partial charge in [-0.15, -0.1) is 0 Å². The molecule has 41 heavy (non-hydrogen) atoms. The van der Waals surface area contributed by atoms with E-state index in [0.717, 1.165) is 36.5 Å². The molecule has 0 fully saturated rings. The van der Waals surface area contributed by atoms with Crippen LogP contribution in [0.25, 0.3) is 0 Å². The first-order valence-corrected chi connectivity index (χ1v) is 11.9. The number of nitrogens with one attached hydrogen (secondary N) is 2. The van der Waals surface area contributed by atoms with Crippen molar-refractivity contribution in [2.75, 3.05) is 52.9 Å². The molecule has 2 N–H and O–H groups in total. The smallest absolute Gasteiger partial charge is 0.330 e. The molecule has 0 atom stereocenters.